The number of rotatable bonds is 9. The second-order valence-electron chi connectivity index (χ2n) is 7.38. The molecule has 0 spiro atoms. The number of nitriles is 1. The molecule has 170 valence electrons. The summed E-state index contributed by atoms with van der Waals surface area (Å²) in [5, 5.41) is 13.3. The summed E-state index contributed by atoms with van der Waals surface area (Å²) in [5.74, 6) is -0.875. The molecular weight excluding hydrogens is 419 g/mol. The number of allylic oxidation sites excluding steroid dienone is 1. The number of nitrogens with zero attached hydrogens (tertiary/aromatic N) is 3. The minimum absolute atomic E-state index is 0.0451. The van der Waals surface area contributed by atoms with Crippen LogP contribution in [0.3, 0.4) is 0 Å². The zero-order chi connectivity index (χ0) is 29.1. The van der Waals surface area contributed by atoms with Crippen LogP contribution < -0.4 is 10.1 Å². The summed E-state index contributed by atoms with van der Waals surface area (Å²) in [6.45, 7) is -1.99. The summed E-state index contributed by atoms with van der Waals surface area (Å²) in [4.78, 5) is 18.1. The maximum atomic E-state index is 13.8. The quantitative estimate of drug-likeness (QED) is 0.464. The fourth-order valence-electron chi connectivity index (χ4n) is 3.23. The number of fused-ring (bicyclic) bond motifs is 1. The largest absolute Gasteiger partial charge is 0.494 e. The van der Waals surface area contributed by atoms with E-state index in [0.29, 0.717) is 27.8 Å². The number of carbonyl (C=O) groups excluding carboxylic acids is 1. The highest BCUT2D eigenvalue weighted by Crippen LogP contribution is 2.34. The van der Waals surface area contributed by atoms with E-state index in [-0.39, 0.29) is 41.7 Å². The van der Waals surface area contributed by atoms with Crippen molar-refractivity contribution in [2.75, 3.05) is 32.4 Å². The lowest BCUT2D eigenvalue weighted by Crippen LogP contribution is -2.11. The number of hydrogen-bond donors (Lipinski definition) is 1. The van der Waals surface area contributed by atoms with Gasteiger partial charge >= 0.3 is 0 Å². The van der Waals surface area contributed by atoms with E-state index in [1.165, 1.54) is 38.4 Å². The monoisotopic (exact) mass is 452 g/mol. The molecule has 6 nitrogen and oxygen atoms in total. The lowest BCUT2D eigenvalue weighted by molar-refractivity contribution is -0.114. The van der Waals surface area contributed by atoms with Gasteiger partial charge in [-0.25, -0.2) is 4.39 Å². The second-order valence-corrected chi connectivity index (χ2v) is 7.38. The molecule has 0 radical (unpaired) electrons. The number of hydrogen-bond acceptors (Lipinski definition) is 6. The van der Waals surface area contributed by atoms with E-state index in [1.807, 2.05) is 0 Å². The number of likely N-dealkylation sites (N-methyl/N-ethyl adjacent to an activating group) is 1. The Balaban J connectivity index is 2.08. The third-order valence-electron chi connectivity index (χ3n) is 4.77. The number of anilines is 2. The standard InChI is InChI=1S/C26H27FN4O2/c1-5-33-25-14-24-22(13-18(25)12-21(32)7-6-10-31(3)4)26(19(15-28)16-29-24)30-20-8-9-23(27)17(2)11-20/h6-9,11,13-14,16H,5,10,12H2,1-4H3,(H,29,30)/b7-6+/i3D3,5D2,6D. The molecule has 0 saturated heterocycles. The first-order chi connectivity index (χ1) is 18.1. The molecule has 1 N–H and O–H groups in total. The highest BCUT2D eigenvalue weighted by atomic mass is 19.1. The number of pyridine rings is 1. The van der Waals surface area contributed by atoms with Crippen molar-refractivity contribution < 1.29 is 22.1 Å². The zero-order valence-corrected chi connectivity index (χ0v) is 18.5. The fourth-order valence-corrected chi connectivity index (χ4v) is 3.23. The third-order valence-corrected chi connectivity index (χ3v) is 4.77. The van der Waals surface area contributed by atoms with Crippen molar-refractivity contribution in [3.05, 3.63) is 71.2 Å². The Morgan fingerprint density at radius 1 is 1.45 bits per heavy atom. The Labute approximate surface area is 201 Å². The zero-order valence-electron chi connectivity index (χ0n) is 24.5. The number of benzene rings is 2. The molecule has 2 aromatic carbocycles. The first kappa shape index (κ1) is 16.8. The summed E-state index contributed by atoms with van der Waals surface area (Å²) >= 11 is 0. The minimum Gasteiger partial charge on any atom is -0.494 e. The van der Waals surface area contributed by atoms with Crippen molar-refractivity contribution in [2.45, 2.75) is 20.3 Å². The van der Waals surface area contributed by atoms with E-state index in [1.54, 1.807) is 19.1 Å². The van der Waals surface area contributed by atoms with Crippen molar-refractivity contribution in [3.8, 4) is 11.8 Å². The molecule has 0 aliphatic heterocycles. The van der Waals surface area contributed by atoms with Crippen molar-refractivity contribution in [2.24, 2.45) is 0 Å². The smallest absolute Gasteiger partial charge is 0.159 e. The lowest BCUT2D eigenvalue weighted by Gasteiger charge is -2.15. The van der Waals surface area contributed by atoms with Crippen LogP contribution in [0.15, 0.2) is 48.7 Å². The summed E-state index contributed by atoms with van der Waals surface area (Å²) in [6, 6.07) is 9.23. The van der Waals surface area contributed by atoms with Crippen LogP contribution in [0.5, 0.6) is 5.75 Å². The van der Waals surface area contributed by atoms with Gasteiger partial charge in [0.15, 0.2) is 5.78 Å². The molecule has 0 amide bonds. The molecule has 7 heteroatoms. The minimum atomic E-state index is -2.42. The molecule has 1 heterocycles. The first-order valence-corrected chi connectivity index (χ1v) is 10.1. The molecule has 0 saturated carbocycles. The topological polar surface area (TPSA) is 78.2 Å². The summed E-state index contributed by atoms with van der Waals surface area (Å²) < 4.78 is 65.2. The molecule has 0 fully saturated rings. The van der Waals surface area contributed by atoms with E-state index in [9.17, 15) is 14.4 Å². The summed E-state index contributed by atoms with van der Waals surface area (Å²) in [7, 11) is 1.31. The van der Waals surface area contributed by atoms with Crippen LogP contribution in [0.2, 0.25) is 0 Å². The Bertz CT molecular complexity index is 1480. The summed E-state index contributed by atoms with van der Waals surface area (Å²) in [6.07, 6.45) is 2.06. The van der Waals surface area contributed by atoms with Gasteiger partial charge in [0.05, 0.1) is 27.4 Å². The van der Waals surface area contributed by atoms with Crippen LogP contribution >= 0.6 is 0 Å². The van der Waals surface area contributed by atoms with Gasteiger partial charge in [0.25, 0.3) is 0 Å². The Kier molecular flexibility index (Phi) is 5.46. The maximum absolute atomic E-state index is 13.8. The molecule has 0 aliphatic rings. The fraction of sp³-hybridized carbons (Fsp3) is 0.269. The SMILES string of the molecule is [2H]/C(=C\C(=O)Cc1cc2c(Nc3ccc(F)c(C)c3)c(C#N)cnc2cc1OC([2H])([2H])C)CN(C)C([2H])([2H])[2H]. The predicted octanol–water partition coefficient (Wildman–Crippen LogP) is 4.93. The van der Waals surface area contributed by atoms with Crippen LogP contribution in [0.4, 0.5) is 15.8 Å². The van der Waals surface area contributed by atoms with E-state index < -0.39 is 19.3 Å². The number of ketones is 1. The molecule has 0 atom stereocenters. The molecule has 3 rings (SSSR count). The van der Waals surface area contributed by atoms with Crippen LogP contribution in [0.25, 0.3) is 10.9 Å². The van der Waals surface area contributed by atoms with Gasteiger partial charge in [0.2, 0.25) is 0 Å². The number of aryl methyl sites for hydroxylation is 1. The average Bonchev–Trinajstić information content (AvgIpc) is 2.80. The van der Waals surface area contributed by atoms with Crippen LogP contribution in [-0.4, -0.2) is 42.8 Å². The highest BCUT2D eigenvalue weighted by Gasteiger charge is 2.16. The van der Waals surface area contributed by atoms with Gasteiger partial charge in [-0.05, 0) is 63.8 Å². The maximum Gasteiger partial charge on any atom is 0.159 e. The molecular formula is C26H27FN4O2. The first-order valence-electron chi connectivity index (χ1n) is 13.1. The van der Waals surface area contributed by atoms with Gasteiger partial charge in [-0.2, -0.15) is 5.26 Å². The Hall–Kier alpha value is -3.76. The van der Waals surface area contributed by atoms with Crippen molar-refractivity contribution in [1.29, 1.82) is 5.26 Å². The van der Waals surface area contributed by atoms with Crippen molar-refractivity contribution in [3.63, 3.8) is 0 Å². The third kappa shape index (κ3) is 5.93. The highest BCUT2D eigenvalue weighted by molar-refractivity contribution is 5.98. The van der Waals surface area contributed by atoms with E-state index in [4.69, 9.17) is 13.0 Å². The van der Waals surface area contributed by atoms with Gasteiger partial charge in [-0.15, -0.1) is 0 Å². The second kappa shape index (κ2) is 10.7. The Morgan fingerprint density at radius 3 is 2.97 bits per heavy atom. The Morgan fingerprint density at radius 2 is 2.27 bits per heavy atom. The van der Waals surface area contributed by atoms with Gasteiger partial charge < -0.3 is 15.0 Å². The molecule has 0 bridgehead atoms. The van der Waals surface area contributed by atoms with Crippen LogP contribution in [0.1, 0.15) is 31.8 Å². The molecule has 33 heavy (non-hydrogen) atoms. The molecule has 3 aromatic rings. The lowest BCUT2D eigenvalue weighted by atomic mass is 10.0. The van der Waals surface area contributed by atoms with Crippen LogP contribution in [0, 0.1) is 24.1 Å². The molecule has 1 aromatic heterocycles. The van der Waals surface area contributed by atoms with Gasteiger partial charge in [-0.1, -0.05) is 6.05 Å². The van der Waals surface area contributed by atoms with E-state index in [0.717, 1.165) is 11.0 Å². The number of halogens is 1. The van der Waals surface area contributed by atoms with Crippen molar-refractivity contribution in [1.82, 2.24) is 9.88 Å². The van der Waals surface area contributed by atoms with E-state index in [2.05, 4.69) is 16.4 Å². The molecule has 0 aliphatic carbocycles. The van der Waals surface area contributed by atoms with Crippen molar-refractivity contribution >= 4 is 28.1 Å². The average molecular weight is 453 g/mol. The number of carbonyl (C=O) groups is 1. The predicted molar refractivity (Wildman–Crippen MR) is 128 cm³/mol. The van der Waals surface area contributed by atoms with Gasteiger partial charge in [0.1, 0.15) is 17.6 Å². The van der Waals surface area contributed by atoms with Crippen LogP contribution in [-0.2, 0) is 11.2 Å². The van der Waals surface area contributed by atoms with Gasteiger partial charge in [-0.3, -0.25) is 9.78 Å². The van der Waals surface area contributed by atoms with E-state index >= 15 is 0 Å². The molecule has 0 unspecified atom stereocenters. The number of nitrogens with one attached hydrogen (secondary N) is 1. The van der Waals surface area contributed by atoms with Gasteiger partial charge in [0, 0.05) is 46.0 Å². The summed E-state index contributed by atoms with van der Waals surface area (Å²) in [5.41, 5.74) is 2.06. The number of aromatic nitrogens is 1. The number of ether oxygens (including phenoxy) is 1. The normalized spacial score (nSPS) is 15.0.